The van der Waals surface area contributed by atoms with Gasteiger partial charge in [0.2, 0.25) is 5.91 Å². The zero-order chi connectivity index (χ0) is 17.1. The zero-order valence-electron chi connectivity index (χ0n) is 14.0. The van der Waals surface area contributed by atoms with Gasteiger partial charge in [-0.25, -0.2) is 0 Å². The van der Waals surface area contributed by atoms with E-state index in [0.29, 0.717) is 6.42 Å². The lowest BCUT2D eigenvalue weighted by Crippen LogP contribution is -2.49. The van der Waals surface area contributed by atoms with Gasteiger partial charge in [0.05, 0.1) is 13.0 Å². The molecular weight excluding hydrogens is 318 g/mol. The molecule has 1 aliphatic rings. The fraction of sp³-hybridized carbons (Fsp3) is 0.389. The summed E-state index contributed by atoms with van der Waals surface area (Å²) in [6, 6.07) is 9.59. The van der Waals surface area contributed by atoms with E-state index in [9.17, 15) is 4.79 Å². The lowest BCUT2D eigenvalue weighted by molar-refractivity contribution is -0.132. The van der Waals surface area contributed by atoms with Crippen molar-refractivity contribution >= 4 is 16.9 Å². The fourth-order valence-electron chi connectivity index (χ4n) is 3.22. The molecule has 1 saturated heterocycles. The van der Waals surface area contributed by atoms with Crippen molar-refractivity contribution in [2.75, 3.05) is 32.7 Å². The van der Waals surface area contributed by atoms with Gasteiger partial charge in [-0.1, -0.05) is 17.3 Å². The van der Waals surface area contributed by atoms with Crippen LogP contribution in [0.1, 0.15) is 5.69 Å². The van der Waals surface area contributed by atoms with Crippen molar-refractivity contribution in [3.05, 3.63) is 48.4 Å². The molecule has 7 heteroatoms. The monoisotopic (exact) mass is 339 g/mol. The predicted molar refractivity (Wildman–Crippen MR) is 93.0 cm³/mol. The van der Waals surface area contributed by atoms with E-state index in [2.05, 4.69) is 15.2 Å². The van der Waals surface area contributed by atoms with E-state index in [0.717, 1.165) is 55.9 Å². The standard InChI is InChI=1S/C18H21N5O2/c24-18(14-16-15-4-1-2-5-17(15)25-20-16)22-11-8-21(9-12-22)10-13-23-7-3-6-19-23/h1-7H,8-14H2. The summed E-state index contributed by atoms with van der Waals surface area (Å²) in [4.78, 5) is 16.9. The largest absolute Gasteiger partial charge is 0.356 e. The van der Waals surface area contributed by atoms with Crippen molar-refractivity contribution in [1.82, 2.24) is 24.7 Å². The second kappa shape index (κ2) is 7.06. The van der Waals surface area contributed by atoms with E-state index < -0.39 is 0 Å². The molecule has 0 radical (unpaired) electrons. The third-order valence-electron chi connectivity index (χ3n) is 4.70. The summed E-state index contributed by atoms with van der Waals surface area (Å²) in [5.74, 6) is 0.116. The molecule has 0 bridgehead atoms. The Morgan fingerprint density at radius 2 is 1.92 bits per heavy atom. The van der Waals surface area contributed by atoms with E-state index in [1.807, 2.05) is 46.1 Å². The van der Waals surface area contributed by atoms with Crippen LogP contribution in [0.5, 0.6) is 0 Å². The van der Waals surface area contributed by atoms with E-state index in [1.54, 1.807) is 6.20 Å². The molecule has 2 aromatic heterocycles. The number of amides is 1. The predicted octanol–water partition coefficient (Wildman–Crippen LogP) is 1.41. The first-order valence-corrected chi connectivity index (χ1v) is 8.60. The summed E-state index contributed by atoms with van der Waals surface area (Å²) >= 11 is 0. The van der Waals surface area contributed by atoms with Gasteiger partial charge in [-0.05, 0) is 18.2 Å². The molecule has 0 atom stereocenters. The summed E-state index contributed by atoms with van der Waals surface area (Å²) in [5, 5.41) is 9.21. The summed E-state index contributed by atoms with van der Waals surface area (Å²) < 4.78 is 7.22. The average Bonchev–Trinajstić information content (AvgIpc) is 3.31. The minimum Gasteiger partial charge on any atom is -0.356 e. The van der Waals surface area contributed by atoms with Gasteiger partial charge in [0.25, 0.3) is 0 Å². The van der Waals surface area contributed by atoms with Crippen LogP contribution < -0.4 is 0 Å². The van der Waals surface area contributed by atoms with Crippen molar-refractivity contribution in [1.29, 1.82) is 0 Å². The maximum absolute atomic E-state index is 12.6. The normalized spacial score (nSPS) is 15.8. The van der Waals surface area contributed by atoms with E-state index >= 15 is 0 Å². The van der Waals surface area contributed by atoms with Crippen LogP contribution >= 0.6 is 0 Å². The van der Waals surface area contributed by atoms with E-state index in [-0.39, 0.29) is 5.91 Å². The molecule has 0 unspecified atom stereocenters. The maximum Gasteiger partial charge on any atom is 0.228 e. The van der Waals surface area contributed by atoms with Gasteiger partial charge < -0.3 is 9.42 Å². The summed E-state index contributed by atoms with van der Waals surface area (Å²) in [6.45, 7) is 5.14. The lowest BCUT2D eigenvalue weighted by atomic mass is 10.1. The molecule has 3 heterocycles. The van der Waals surface area contributed by atoms with Crippen molar-refractivity contribution in [3.8, 4) is 0 Å². The van der Waals surface area contributed by atoms with Crippen LogP contribution in [0.2, 0.25) is 0 Å². The zero-order valence-corrected chi connectivity index (χ0v) is 14.0. The molecule has 1 fully saturated rings. The Balaban J connectivity index is 1.29. The van der Waals surface area contributed by atoms with Crippen LogP contribution in [-0.4, -0.2) is 63.4 Å². The van der Waals surface area contributed by atoms with Crippen LogP contribution in [0.4, 0.5) is 0 Å². The van der Waals surface area contributed by atoms with Gasteiger partial charge in [-0.15, -0.1) is 0 Å². The first-order chi connectivity index (χ1) is 12.3. The van der Waals surface area contributed by atoms with Gasteiger partial charge in [0.1, 0.15) is 5.69 Å². The highest BCUT2D eigenvalue weighted by Gasteiger charge is 2.22. The number of aromatic nitrogens is 3. The number of benzene rings is 1. The molecule has 0 spiro atoms. The SMILES string of the molecule is O=C(Cc1noc2ccccc12)N1CCN(CCn2cccn2)CC1. The summed E-state index contributed by atoms with van der Waals surface area (Å²) in [5.41, 5.74) is 1.45. The average molecular weight is 339 g/mol. The smallest absolute Gasteiger partial charge is 0.228 e. The summed E-state index contributed by atoms with van der Waals surface area (Å²) in [7, 11) is 0. The van der Waals surface area contributed by atoms with Crippen molar-refractivity contribution < 1.29 is 9.32 Å². The fourth-order valence-corrected chi connectivity index (χ4v) is 3.22. The first-order valence-electron chi connectivity index (χ1n) is 8.60. The molecule has 7 nitrogen and oxygen atoms in total. The molecule has 3 aromatic rings. The Morgan fingerprint density at radius 1 is 1.08 bits per heavy atom. The van der Waals surface area contributed by atoms with Gasteiger partial charge in [-0.2, -0.15) is 5.10 Å². The maximum atomic E-state index is 12.6. The molecule has 1 aromatic carbocycles. The number of para-hydroxylation sites is 1. The number of rotatable bonds is 5. The number of carbonyl (C=O) groups is 1. The highest BCUT2D eigenvalue weighted by atomic mass is 16.5. The molecule has 0 N–H and O–H groups in total. The van der Waals surface area contributed by atoms with Crippen molar-refractivity contribution in [3.63, 3.8) is 0 Å². The van der Waals surface area contributed by atoms with Crippen LogP contribution in [0, 0.1) is 0 Å². The second-order valence-electron chi connectivity index (χ2n) is 6.29. The topological polar surface area (TPSA) is 67.4 Å². The van der Waals surface area contributed by atoms with Crippen LogP contribution in [0.3, 0.4) is 0 Å². The molecule has 25 heavy (non-hydrogen) atoms. The van der Waals surface area contributed by atoms with Crippen LogP contribution in [0.15, 0.2) is 47.2 Å². The van der Waals surface area contributed by atoms with Gasteiger partial charge in [0.15, 0.2) is 5.58 Å². The molecular formula is C18H21N5O2. The molecule has 0 saturated carbocycles. The van der Waals surface area contributed by atoms with E-state index in [1.165, 1.54) is 0 Å². The molecule has 1 aliphatic heterocycles. The van der Waals surface area contributed by atoms with Gasteiger partial charge in [0, 0.05) is 50.5 Å². The number of hydrogen-bond donors (Lipinski definition) is 0. The molecule has 130 valence electrons. The highest BCUT2D eigenvalue weighted by Crippen LogP contribution is 2.19. The quantitative estimate of drug-likeness (QED) is 0.703. The van der Waals surface area contributed by atoms with Crippen molar-refractivity contribution in [2.24, 2.45) is 0 Å². The Morgan fingerprint density at radius 3 is 2.72 bits per heavy atom. The number of carbonyl (C=O) groups excluding carboxylic acids is 1. The molecule has 4 rings (SSSR count). The Hall–Kier alpha value is -2.67. The number of hydrogen-bond acceptors (Lipinski definition) is 5. The summed E-state index contributed by atoms with van der Waals surface area (Å²) in [6.07, 6.45) is 4.07. The van der Waals surface area contributed by atoms with Gasteiger partial charge in [-0.3, -0.25) is 14.4 Å². The van der Waals surface area contributed by atoms with Crippen LogP contribution in [0.25, 0.3) is 11.0 Å². The Labute approximate surface area is 145 Å². The number of piperazine rings is 1. The van der Waals surface area contributed by atoms with Gasteiger partial charge >= 0.3 is 0 Å². The number of fused-ring (bicyclic) bond motifs is 1. The van der Waals surface area contributed by atoms with Crippen LogP contribution in [-0.2, 0) is 17.8 Å². The number of nitrogens with zero attached hydrogens (tertiary/aromatic N) is 5. The lowest BCUT2D eigenvalue weighted by Gasteiger charge is -2.34. The molecule has 1 amide bonds. The highest BCUT2D eigenvalue weighted by molar-refractivity contribution is 5.86. The second-order valence-corrected chi connectivity index (χ2v) is 6.29. The van der Waals surface area contributed by atoms with E-state index in [4.69, 9.17) is 4.52 Å². The third-order valence-corrected chi connectivity index (χ3v) is 4.70. The Kier molecular flexibility index (Phi) is 4.47. The third kappa shape index (κ3) is 3.56. The first kappa shape index (κ1) is 15.8. The molecule has 0 aliphatic carbocycles. The minimum atomic E-state index is 0.116. The minimum absolute atomic E-state index is 0.116. The Bertz CT molecular complexity index is 834. The van der Waals surface area contributed by atoms with Crippen molar-refractivity contribution in [2.45, 2.75) is 13.0 Å².